The maximum absolute atomic E-state index is 4.05. The molecule has 0 nitrogen and oxygen atoms in total. The van der Waals surface area contributed by atoms with Gasteiger partial charge in [-0.2, -0.15) is 0 Å². The molecule has 0 radical (unpaired) electrons. The highest BCUT2D eigenvalue weighted by molar-refractivity contribution is 5.69. The first-order valence-corrected chi connectivity index (χ1v) is 7.22. The van der Waals surface area contributed by atoms with Gasteiger partial charge in [-0.15, -0.1) is 6.58 Å². The predicted molar refractivity (Wildman–Crippen MR) is 90.4 cm³/mol. The molecule has 0 aliphatic rings. The molecule has 0 N–H and O–H groups in total. The Bertz CT molecular complexity index is 711. The summed E-state index contributed by atoms with van der Waals surface area (Å²) in [5, 5.41) is 0. The summed E-state index contributed by atoms with van der Waals surface area (Å²) in [7, 11) is 0. The van der Waals surface area contributed by atoms with E-state index in [-0.39, 0.29) is 5.92 Å². The van der Waals surface area contributed by atoms with E-state index in [1.807, 2.05) is 18.2 Å². The highest BCUT2D eigenvalue weighted by atomic mass is 14.2. The Labute approximate surface area is 126 Å². The molecular weight excluding hydrogens is 252 g/mol. The van der Waals surface area contributed by atoms with Crippen molar-refractivity contribution in [1.29, 1.82) is 0 Å². The van der Waals surface area contributed by atoms with Crippen LogP contribution in [0, 0.1) is 0 Å². The second-order valence-corrected chi connectivity index (χ2v) is 5.08. The van der Waals surface area contributed by atoms with Gasteiger partial charge in [0.15, 0.2) is 0 Å². The van der Waals surface area contributed by atoms with E-state index in [0.717, 1.165) is 0 Å². The van der Waals surface area contributed by atoms with E-state index in [0.29, 0.717) is 0 Å². The molecule has 3 aromatic rings. The normalized spacial score (nSPS) is 11.8. The number of hydrogen-bond acceptors (Lipinski definition) is 0. The number of allylic oxidation sites excluding steroid dienone is 1. The Balaban J connectivity index is 2.12. The lowest BCUT2D eigenvalue weighted by molar-refractivity contribution is 1.03. The van der Waals surface area contributed by atoms with Crippen LogP contribution in [-0.2, 0) is 0 Å². The summed E-state index contributed by atoms with van der Waals surface area (Å²) in [5.74, 6) is 0.211. The number of benzene rings is 3. The van der Waals surface area contributed by atoms with Crippen molar-refractivity contribution >= 4 is 0 Å². The highest BCUT2D eigenvalue weighted by Gasteiger charge is 2.14. The van der Waals surface area contributed by atoms with Crippen molar-refractivity contribution in [1.82, 2.24) is 0 Å². The smallest absolute Gasteiger partial charge is 0.0273 e. The molecule has 0 saturated heterocycles. The molecule has 0 aliphatic carbocycles. The number of rotatable bonds is 4. The minimum absolute atomic E-state index is 0.211. The zero-order chi connectivity index (χ0) is 14.5. The van der Waals surface area contributed by atoms with Gasteiger partial charge in [-0.1, -0.05) is 91.0 Å². The first-order chi connectivity index (χ1) is 10.4. The molecule has 0 bridgehead atoms. The van der Waals surface area contributed by atoms with Crippen molar-refractivity contribution in [3.63, 3.8) is 0 Å². The van der Waals surface area contributed by atoms with Crippen LogP contribution in [0.5, 0.6) is 0 Å². The lowest BCUT2D eigenvalue weighted by Gasteiger charge is -2.18. The van der Waals surface area contributed by atoms with Crippen LogP contribution in [0.15, 0.2) is 97.6 Å². The second-order valence-electron chi connectivity index (χ2n) is 5.08. The summed E-state index contributed by atoms with van der Waals surface area (Å²) in [4.78, 5) is 0. The summed E-state index contributed by atoms with van der Waals surface area (Å²) in [5.41, 5.74) is 5.09. The van der Waals surface area contributed by atoms with E-state index < -0.39 is 0 Å². The second kappa shape index (κ2) is 6.23. The topological polar surface area (TPSA) is 0 Å². The molecule has 0 aromatic heterocycles. The standard InChI is InChI=1S/C21H18/c1-2-19(17-11-5-3-6-12-17)21-16-10-9-15-20(21)18-13-7-4-8-14-18/h2-16,19H,1H2. The van der Waals surface area contributed by atoms with Crippen molar-refractivity contribution in [2.45, 2.75) is 5.92 Å². The fourth-order valence-corrected chi connectivity index (χ4v) is 2.75. The average molecular weight is 270 g/mol. The molecule has 3 aromatic carbocycles. The van der Waals surface area contributed by atoms with Gasteiger partial charge in [0.05, 0.1) is 0 Å². The third-order valence-electron chi connectivity index (χ3n) is 3.78. The predicted octanol–water partition coefficient (Wildman–Crippen LogP) is 5.67. The van der Waals surface area contributed by atoms with E-state index in [1.165, 1.54) is 22.3 Å². The first kappa shape index (κ1) is 13.4. The SMILES string of the molecule is C=CC(c1ccccc1)c1ccccc1-c1ccccc1. The van der Waals surface area contributed by atoms with Gasteiger partial charge in [-0.25, -0.2) is 0 Å². The van der Waals surface area contributed by atoms with E-state index >= 15 is 0 Å². The first-order valence-electron chi connectivity index (χ1n) is 7.22. The molecule has 102 valence electrons. The molecule has 0 saturated carbocycles. The van der Waals surface area contributed by atoms with Crippen LogP contribution in [0.3, 0.4) is 0 Å². The van der Waals surface area contributed by atoms with Crippen LogP contribution in [0.1, 0.15) is 17.0 Å². The highest BCUT2D eigenvalue weighted by Crippen LogP contribution is 2.33. The fourth-order valence-electron chi connectivity index (χ4n) is 2.75. The molecule has 0 fully saturated rings. The third kappa shape index (κ3) is 2.80. The summed E-state index contributed by atoms with van der Waals surface area (Å²) in [6.07, 6.45) is 2.02. The Hall–Kier alpha value is -2.60. The third-order valence-corrected chi connectivity index (χ3v) is 3.78. The van der Waals surface area contributed by atoms with Gasteiger partial charge < -0.3 is 0 Å². The van der Waals surface area contributed by atoms with Gasteiger partial charge >= 0.3 is 0 Å². The van der Waals surface area contributed by atoms with Crippen LogP contribution in [0.2, 0.25) is 0 Å². The molecular formula is C21H18. The van der Waals surface area contributed by atoms with Crippen LogP contribution in [0.4, 0.5) is 0 Å². The zero-order valence-corrected chi connectivity index (χ0v) is 11.9. The lowest BCUT2D eigenvalue weighted by atomic mass is 9.86. The largest absolute Gasteiger partial charge is 0.102 e. The van der Waals surface area contributed by atoms with E-state index in [2.05, 4.69) is 79.4 Å². The van der Waals surface area contributed by atoms with Crippen molar-refractivity contribution < 1.29 is 0 Å². The monoisotopic (exact) mass is 270 g/mol. The fraction of sp³-hybridized carbons (Fsp3) is 0.0476. The van der Waals surface area contributed by atoms with Crippen LogP contribution >= 0.6 is 0 Å². The quantitative estimate of drug-likeness (QED) is 0.536. The molecule has 0 amide bonds. The minimum atomic E-state index is 0.211. The van der Waals surface area contributed by atoms with E-state index in [4.69, 9.17) is 0 Å². The lowest BCUT2D eigenvalue weighted by Crippen LogP contribution is -1.99. The zero-order valence-electron chi connectivity index (χ0n) is 11.9. The van der Waals surface area contributed by atoms with Gasteiger partial charge in [-0.05, 0) is 22.3 Å². The maximum atomic E-state index is 4.05. The molecule has 21 heavy (non-hydrogen) atoms. The van der Waals surface area contributed by atoms with Gasteiger partial charge in [0.2, 0.25) is 0 Å². The van der Waals surface area contributed by atoms with E-state index in [1.54, 1.807) is 0 Å². The van der Waals surface area contributed by atoms with Gasteiger partial charge in [-0.3, -0.25) is 0 Å². The Kier molecular flexibility index (Phi) is 3.97. The van der Waals surface area contributed by atoms with Gasteiger partial charge in [0.25, 0.3) is 0 Å². The van der Waals surface area contributed by atoms with Gasteiger partial charge in [0, 0.05) is 5.92 Å². The van der Waals surface area contributed by atoms with Gasteiger partial charge in [0.1, 0.15) is 0 Å². The van der Waals surface area contributed by atoms with Crippen molar-refractivity contribution in [2.75, 3.05) is 0 Å². The summed E-state index contributed by atoms with van der Waals surface area (Å²) >= 11 is 0. The summed E-state index contributed by atoms with van der Waals surface area (Å²) < 4.78 is 0. The van der Waals surface area contributed by atoms with Crippen molar-refractivity contribution in [3.8, 4) is 11.1 Å². The van der Waals surface area contributed by atoms with Crippen molar-refractivity contribution in [2.24, 2.45) is 0 Å². The molecule has 1 atom stereocenters. The maximum Gasteiger partial charge on any atom is 0.0273 e. The van der Waals surface area contributed by atoms with Crippen LogP contribution in [0.25, 0.3) is 11.1 Å². The molecule has 0 heteroatoms. The molecule has 3 rings (SSSR count). The number of hydrogen-bond donors (Lipinski definition) is 0. The van der Waals surface area contributed by atoms with E-state index in [9.17, 15) is 0 Å². The summed E-state index contributed by atoms with van der Waals surface area (Å²) in [6, 6.07) is 29.6. The minimum Gasteiger partial charge on any atom is -0.102 e. The van der Waals surface area contributed by atoms with Crippen LogP contribution < -0.4 is 0 Å². The molecule has 0 spiro atoms. The molecule has 0 aliphatic heterocycles. The van der Waals surface area contributed by atoms with Crippen LogP contribution in [-0.4, -0.2) is 0 Å². The Morgan fingerprint density at radius 3 is 1.90 bits per heavy atom. The Morgan fingerprint density at radius 1 is 0.667 bits per heavy atom. The molecule has 1 unspecified atom stereocenters. The summed E-state index contributed by atoms with van der Waals surface area (Å²) in [6.45, 7) is 4.05. The molecule has 0 heterocycles. The average Bonchev–Trinajstić information content (AvgIpc) is 2.58. The Morgan fingerprint density at radius 2 is 1.24 bits per heavy atom. The van der Waals surface area contributed by atoms with Crippen molar-refractivity contribution in [3.05, 3.63) is 109 Å².